The zero-order chi connectivity index (χ0) is 14.0. The summed E-state index contributed by atoms with van der Waals surface area (Å²) in [5.74, 6) is -1.34. The van der Waals surface area contributed by atoms with E-state index in [-0.39, 0.29) is 12.0 Å². The summed E-state index contributed by atoms with van der Waals surface area (Å²) in [4.78, 5) is 0. The van der Waals surface area contributed by atoms with Crippen LogP contribution < -0.4 is 5.73 Å². The van der Waals surface area contributed by atoms with Gasteiger partial charge in [0, 0.05) is 28.8 Å². The van der Waals surface area contributed by atoms with Gasteiger partial charge in [0.2, 0.25) is 0 Å². The molecule has 0 bridgehead atoms. The fourth-order valence-electron chi connectivity index (χ4n) is 1.85. The molecule has 0 aliphatic heterocycles. The van der Waals surface area contributed by atoms with Crippen LogP contribution in [-0.4, -0.2) is 5.11 Å². The SMILES string of the molecule is Nc1cc(Cl)ccc1C(O)Cc1ccc(F)cc1F. The van der Waals surface area contributed by atoms with E-state index in [0.717, 1.165) is 12.1 Å². The van der Waals surface area contributed by atoms with Crippen LogP contribution in [0, 0.1) is 11.6 Å². The molecule has 2 nitrogen and oxygen atoms in total. The Labute approximate surface area is 114 Å². The summed E-state index contributed by atoms with van der Waals surface area (Å²) in [7, 11) is 0. The van der Waals surface area contributed by atoms with Gasteiger partial charge in [-0.15, -0.1) is 0 Å². The van der Waals surface area contributed by atoms with Gasteiger partial charge < -0.3 is 10.8 Å². The Kier molecular flexibility index (Phi) is 4.02. The lowest BCUT2D eigenvalue weighted by Crippen LogP contribution is -2.06. The van der Waals surface area contributed by atoms with Gasteiger partial charge in [-0.05, 0) is 23.8 Å². The Morgan fingerprint density at radius 1 is 1.16 bits per heavy atom. The molecule has 2 rings (SSSR count). The molecule has 0 saturated heterocycles. The summed E-state index contributed by atoms with van der Waals surface area (Å²) in [6.07, 6.45) is -0.963. The topological polar surface area (TPSA) is 46.2 Å². The second-order valence-corrected chi connectivity index (χ2v) is 4.67. The molecular formula is C14H12ClF2NO. The maximum Gasteiger partial charge on any atom is 0.129 e. The first-order chi connectivity index (χ1) is 8.97. The van der Waals surface area contributed by atoms with E-state index < -0.39 is 17.7 Å². The Morgan fingerprint density at radius 3 is 2.53 bits per heavy atom. The van der Waals surface area contributed by atoms with Gasteiger partial charge in [0.15, 0.2) is 0 Å². The lowest BCUT2D eigenvalue weighted by molar-refractivity contribution is 0.178. The van der Waals surface area contributed by atoms with E-state index in [1.807, 2.05) is 0 Å². The van der Waals surface area contributed by atoms with Crippen molar-refractivity contribution < 1.29 is 13.9 Å². The van der Waals surface area contributed by atoms with Crippen LogP contribution in [0.25, 0.3) is 0 Å². The zero-order valence-corrected chi connectivity index (χ0v) is 10.7. The second kappa shape index (κ2) is 5.55. The summed E-state index contributed by atoms with van der Waals surface area (Å²) in [5.41, 5.74) is 6.77. The maximum absolute atomic E-state index is 13.5. The molecule has 5 heteroatoms. The predicted octanol–water partition coefficient (Wildman–Crippen LogP) is 3.48. The number of anilines is 1. The molecule has 2 aromatic rings. The van der Waals surface area contributed by atoms with E-state index in [2.05, 4.69) is 0 Å². The van der Waals surface area contributed by atoms with Crippen LogP contribution in [0.3, 0.4) is 0 Å². The largest absolute Gasteiger partial charge is 0.398 e. The van der Waals surface area contributed by atoms with E-state index in [1.165, 1.54) is 12.1 Å². The molecule has 3 N–H and O–H groups in total. The third kappa shape index (κ3) is 3.22. The second-order valence-electron chi connectivity index (χ2n) is 4.23. The molecule has 100 valence electrons. The summed E-state index contributed by atoms with van der Waals surface area (Å²) < 4.78 is 26.3. The number of hydrogen-bond donors (Lipinski definition) is 2. The van der Waals surface area contributed by atoms with Gasteiger partial charge in [-0.3, -0.25) is 0 Å². The van der Waals surface area contributed by atoms with Gasteiger partial charge in [0.25, 0.3) is 0 Å². The van der Waals surface area contributed by atoms with E-state index in [4.69, 9.17) is 17.3 Å². The molecule has 0 heterocycles. The van der Waals surface area contributed by atoms with E-state index in [9.17, 15) is 13.9 Å². The van der Waals surface area contributed by atoms with Crippen LogP contribution in [0.5, 0.6) is 0 Å². The average Bonchev–Trinajstić information content (AvgIpc) is 2.32. The van der Waals surface area contributed by atoms with Crippen LogP contribution in [0.4, 0.5) is 14.5 Å². The van der Waals surface area contributed by atoms with Crippen molar-refractivity contribution >= 4 is 17.3 Å². The van der Waals surface area contributed by atoms with Crippen molar-refractivity contribution in [1.29, 1.82) is 0 Å². The average molecular weight is 284 g/mol. The highest BCUT2D eigenvalue weighted by molar-refractivity contribution is 6.30. The van der Waals surface area contributed by atoms with Crippen LogP contribution in [0.15, 0.2) is 36.4 Å². The minimum Gasteiger partial charge on any atom is -0.398 e. The molecule has 0 fully saturated rings. The Balaban J connectivity index is 2.23. The van der Waals surface area contributed by atoms with Crippen LogP contribution in [0.2, 0.25) is 5.02 Å². The number of nitrogen functional groups attached to an aromatic ring is 1. The highest BCUT2D eigenvalue weighted by atomic mass is 35.5. The van der Waals surface area contributed by atoms with Crippen LogP contribution in [-0.2, 0) is 6.42 Å². The Morgan fingerprint density at radius 2 is 1.89 bits per heavy atom. The van der Waals surface area contributed by atoms with E-state index >= 15 is 0 Å². The number of aliphatic hydroxyl groups is 1. The summed E-state index contributed by atoms with van der Waals surface area (Å²) in [5, 5.41) is 10.5. The fourth-order valence-corrected chi connectivity index (χ4v) is 2.04. The van der Waals surface area contributed by atoms with Crippen molar-refractivity contribution in [2.24, 2.45) is 0 Å². The van der Waals surface area contributed by atoms with Crippen molar-refractivity contribution in [2.75, 3.05) is 5.73 Å². The number of benzene rings is 2. The molecule has 1 atom stereocenters. The van der Waals surface area contributed by atoms with Gasteiger partial charge in [-0.25, -0.2) is 8.78 Å². The Bertz CT molecular complexity index is 604. The number of nitrogens with two attached hydrogens (primary N) is 1. The number of halogens is 3. The predicted molar refractivity (Wildman–Crippen MR) is 70.9 cm³/mol. The van der Waals surface area contributed by atoms with Crippen molar-refractivity contribution in [3.63, 3.8) is 0 Å². The number of hydrogen-bond acceptors (Lipinski definition) is 2. The minimum absolute atomic E-state index is 0.0119. The molecule has 2 aromatic carbocycles. The smallest absolute Gasteiger partial charge is 0.129 e. The lowest BCUT2D eigenvalue weighted by atomic mass is 10.00. The monoisotopic (exact) mass is 283 g/mol. The Hall–Kier alpha value is -1.65. The van der Waals surface area contributed by atoms with Gasteiger partial charge in [-0.2, -0.15) is 0 Å². The van der Waals surface area contributed by atoms with Crippen molar-refractivity contribution in [3.05, 3.63) is 64.2 Å². The van der Waals surface area contributed by atoms with Crippen LogP contribution >= 0.6 is 11.6 Å². The lowest BCUT2D eigenvalue weighted by Gasteiger charge is -2.14. The number of rotatable bonds is 3. The fraction of sp³-hybridized carbons (Fsp3) is 0.143. The van der Waals surface area contributed by atoms with Gasteiger partial charge in [0.05, 0.1) is 6.10 Å². The molecule has 0 aliphatic carbocycles. The molecular weight excluding hydrogens is 272 g/mol. The van der Waals surface area contributed by atoms with Crippen molar-refractivity contribution in [3.8, 4) is 0 Å². The first-order valence-corrected chi connectivity index (χ1v) is 6.02. The normalized spacial score (nSPS) is 12.4. The molecule has 0 aromatic heterocycles. The summed E-state index contributed by atoms with van der Waals surface area (Å²) >= 11 is 5.76. The molecule has 0 spiro atoms. The highest BCUT2D eigenvalue weighted by Crippen LogP contribution is 2.27. The first kappa shape index (κ1) is 13.8. The molecule has 0 amide bonds. The van der Waals surface area contributed by atoms with Crippen molar-refractivity contribution in [2.45, 2.75) is 12.5 Å². The summed E-state index contributed by atoms with van der Waals surface area (Å²) in [6.45, 7) is 0. The quantitative estimate of drug-likeness (QED) is 0.847. The maximum atomic E-state index is 13.5. The molecule has 0 radical (unpaired) electrons. The third-order valence-corrected chi connectivity index (χ3v) is 3.07. The first-order valence-electron chi connectivity index (χ1n) is 5.64. The molecule has 19 heavy (non-hydrogen) atoms. The van der Waals surface area contributed by atoms with Gasteiger partial charge in [-0.1, -0.05) is 23.7 Å². The third-order valence-electron chi connectivity index (χ3n) is 2.84. The van der Waals surface area contributed by atoms with Gasteiger partial charge in [0.1, 0.15) is 11.6 Å². The summed E-state index contributed by atoms with van der Waals surface area (Å²) in [6, 6.07) is 7.94. The van der Waals surface area contributed by atoms with E-state index in [1.54, 1.807) is 12.1 Å². The van der Waals surface area contributed by atoms with E-state index in [0.29, 0.717) is 16.3 Å². The molecule has 0 saturated carbocycles. The highest BCUT2D eigenvalue weighted by Gasteiger charge is 2.14. The number of aliphatic hydroxyl groups excluding tert-OH is 1. The standard InChI is InChI=1S/C14H12ClF2NO/c15-9-2-4-11(13(18)6-9)14(19)5-8-1-3-10(16)7-12(8)17/h1-4,6-7,14,19H,5,18H2. The van der Waals surface area contributed by atoms with Crippen LogP contribution in [0.1, 0.15) is 17.2 Å². The zero-order valence-electron chi connectivity index (χ0n) is 9.91. The van der Waals surface area contributed by atoms with Gasteiger partial charge >= 0.3 is 0 Å². The molecule has 0 aliphatic rings. The molecule has 1 unspecified atom stereocenters. The van der Waals surface area contributed by atoms with Crippen molar-refractivity contribution in [1.82, 2.24) is 0 Å². The minimum atomic E-state index is -0.975.